The first-order valence-electron chi connectivity index (χ1n) is 6.17. The van der Waals surface area contributed by atoms with Crippen molar-refractivity contribution in [3.8, 4) is 0 Å². The summed E-state index contributed by atoms with van der Waals surface area (Å²) in [5.74, 6) is -0.992. The number of anilines is 1. The fraction of sp³-hybridized carbons (Fsp3) is 0.583. The number of aryl methyl sites for hydroxylation is 1. The predicted molar refractivity (Wildman–Crippen MR) is 65.0 cm³/mol. The smallest absolute Gasteiger partial charge is 0.306 e. The van der Waals surface area contributed by atoms with Gasteiger partial charge in [0.05, 0.1) is 5.92 Å². The van der Waals surface area contributed by atoms with E-state index in [-0.39, 0.29) is 17.7 Å². The molecular formula is C12H17N3O3. The summed E-state index contributed by atoms with van der Waals surface area (Å²) in [5, 5.41) is 15.8. The van der Waals surface area contributed by atoms with Crippen molar-refractivity contribution in [1.82, 2.24) is 9.78 Å². The number of rotatable bonds is 4. The molecule has 2 N–H and O–H groups in total. The van der Waals surface area contributed by atoms with E-state index in [1.54, 1.807) is 16.9 Å². The summed E-state index contributed by atoms with van der Waals surface area (Å²) < 4.78 is 1.73. The third-order valence-electron chi connectivity index (χ3n) is 3.37. The van der Waals surface area contributed by atoms with Crippen molar-refractivity contribution in [2.24, 2.45) is 11.8 Å². The minimum absolute atomic E-state index is 0.125. The van der Waals surface area contributed by atoms with Gasteiger partial charge in [0, 0.05) is 24.7 Å². The van der Waals surface area contributed by atoms with Crippen molar-refractivity contribution >= 4 is 17.7 Å². The normalized spacial score (nSPS) is 22.9. The standard InChI is InChI=1S/C12H17N3O3/c1-2-15-6-5-10(14-15)13-11(16)8-3-4-9(7-8)12(17)18/h5-6,8-9H,2-4,7H2,1H3,(H,17,18)(H,13,14,16). The summed E-state index contributed by atoms with van der Waals surface area (Å²) in [6, 6.07) is 1.74. The molecule has 2 unspecified atom stereocenters. The molecule has 1 heterocycles. The highest BCUT2D eigenvalue weighted by atomic mass is 16.4. The minimum atomic E-state index is -0.805. The van der Waals surface area contributed by atoms with E-state index in [2.05, 4.69) is 10.4 Å². The summed E-state index contributed by atoms with van der Waals surface area (Å²) in [5.41, 5.74) is 0. The Morgan fingerprint density at radius 2 is 2.22 bits per heavy atom. The second-order valence-corrected chi connectivity index (χ2v) is 4.59. The summed E-state index contributed by atoms with van der Waals surface area (Å²) in [6.45, 7) is 2.72. The Balaban J connectivity index is 1.91. The molecule has 1 aliphatic carbocycles. The maximum absolute atomic E-state index is 11.9. The molecule has 6 nitrogen and oxygen atoms in total. The Bertz CT molecular complexity index is 455. The lowest BCUT2D eigenvalue weighted by Crippen LogP contribution is -2.22. The van der Waals surface area contributed by atoms with Crippen LogP contribution in [0, 0.1) is 11.8 Å². The van der Waals surface area contributed by atoms with Crippen LogP contribution in [-0.4, -0.2) is 26.8 Å². The van der Waals surface area contributed by atoms with Gasteiger partial charge in [0.1, 0.15) is 0 Å². The Morgan fingerprint density at radius 3 is 2.78 bits per heavy atom. The number of carboxylic acid groups (broad SMARTS) is 1. The lowest BCUT2D eigenvalue weighted by molar-refractivity contribution is -0.141. The van der Waals surface area contributed by atoms with Crippen molar-refractivity contribution in [2.75, 3.05) is 5.32 Å². The molecule has 98 valence electrons. The summed E-state index contributed by atoms with van der Waals surface area (Å²) in [6.07, 6.45) is 3.44. The number of hydrogen-bond donors (Lipinski definition) is 2. The molecule has 0 spiro atoms. The second-order valence-electron chi connectivity index (χ2n) is 4.59. The van der Waals surface area contributed by atoms with Gasteiger partial charge in [-0.15, -0.1) is 0 Å². The molecule has 0 aliphatic heterocycles. The van der Waals surface area contributed by atoms with E-state index in [0.717, 1.165) is 6.54 Å². The lowest BCUT2D eigenvalue weighted by Gasteiger charge is -2.08. The third-order valence-corrected chi connectivity index (χ3v) is 3.37. The number of nitrogens with zero attached hydrogens (tertiary/aromatic N) is 2. The zero-order valence-corrected chi connectivity index (χ0v) is 10.3. The maximum Gasteiger partial charge on any atom is 0.306 e. The highest BCUT2D eigenvalue weighted by Gasteiger charge is 2.33. The van der Waals surface area contributed by atoms with Crippen LogP contribution in [0.4, 0.5) is 5.82 Å². The van der Waals surface area contributed by atoms with Gasteiger partial charge in [0.25, 0.3) is 0 Å². The zero-order valence-electron chi connectivity index (χ0n) is 10.3. The maximum atomic E-state index is 11.9. The van der Waals surface area contributed by atoms with Gasteiger partial charge in [0.15, 0.2) is 5.82 Å². The SMILES string of the molecule is CCn1ccc(NC(=O)C2CCC(C(=O)O)C2)n1. The number of nitrogens with one attached hydrogen (secondary N) is 1. The molecule has 1 amide bonds. The van der Waals surface area contributed by atoms with Gasteiger partial charge in [-0.2, -0.15) is 5.10 Å². The van der Waals surface area contributed by atoms with Crippen molar-refractivity contribution in [3.63, 3.8) is 0 Å². The number of aliphatic carboxylic acids is 1. The number of carbonyl (C=O) groups excluding carboxylic acids is 1. The number of amides is 1. The fourth-order valence-electron chi connectivity index (χ4n) is 2.28. The van der Waals surface area contributed by atoms with Crippen molar-refractivity contribution in [2.45, 2.75) is 32.7 Å². The fourth-order valence-corrected chi connectivity index (χ4v) is 2.28. The summed E-state index contributed by atoms with van der Waals surface area (Å²) in [7, 11) is 0. The first kappa shape index (κ1) is 12.6. The Morgan fingerprint density at radius 1 is 1.50 bits per heavy atom. The molecule has 0 saturated heterocycles. The van der Waals surface area contributed by atoms with E-state index in [1.807, 2.05) is 6.92 Å². The van der Waals surface area contributed by atoms with E-state index >= 15 is 0 Å². The van der Waals surface area contributed by atoms with Crippen molar-refractivity contribution in [3.05, 3.63) is 12.3 Å². The van der Waals surface area contributed by atoms with Crippen LogP contribution in [0.25, 0.3) is 0 Å². The third kappa shape index (κ3) is 2.69. The predicted octanol–water partition coefficient (Wildman–Crippen LogP) is 1.34. The second kappa shape index (κ2) is 5.20. The molecule has 1 aromatic heterocycles. The van der Waals surface area contributed by atoms with Crippen LogP contribution >= 0.6 is 0 Å². The largest absolute Gasteiger partial charge is 0.481 e. The van der Waals surface area contributed by atoms with Gasteiger partial charge in [-0.05, 0) is 26.2 Å². The van der Waals surface area contributed by atoms with Crippen LogP contribution in [0.15, 0.2) is 12.3 Å². The molecular weight excluding hydrogens is 234 g/mol. The van der Waals surface area contributed by atoms with E-state index in [0.29, 0.717) is 25.1 Å². The first-order valence-corrected chi connectivity index (χ1v) is 6.17. The van der Waals surface area contributed by atoms with E-state index in [4.69, 9.17) is 5.11 Å². The highest BCUT2D eigenvalue weighted by molar-refractivity contribution is 5.92. The van der Waals surface area contributed by atoms with Gasteiger partial charge in [-0.1, -0.05) is 0 Å². The first-order chi connectivity index (χ1) is 8.60. The van der Waals surface area contributed by atoms with Crippen LogP contribution in [0.5, 0.6) is 0 Å². The Labute approximate surface area is 105 Å². The van der Waals surface area contributed by atoms with E-state index in [9.17, 15) is 9.59 Å². The van der Waals surface area contributed by atoms with Gasteiger partial charge < -0.3 is 10.4 Å². The summed E-state index contributed by atoms with van der Waals surface area (Å²) >= 11 is 0. The van der Waals surface area contributed by atoms with Gasteiger partial charge in [-0.3, -0.25) is 14.3 Å². The molecule has 2 atom stereocenters. The Kier molecular flexibility index (Phi) is 3.64. The van der Waals surface area contributed by atoms with E-state index < -0.39 is 5.97 Å². The van der Waals surface area contributed by atoms with Crippen LogP contribution in [0.2, 0.25) is 0 Å². The highest BCUT2D eigenvalue weighted by Crippen LogP contribution is 2.31. The average Bonchev–Trinajstić information content (AvgIpc) is 2.97. The molecule has 0 aromatic carbocycles. The number of hydrogen-bond acceptors (Lipinski definition) is 3. The molecule has 0 radical (unpaired) electrons. The minimum Gasteiger partial charge on any atom is -0.481 e. The molecule has 6 heteroatoms. The van der Waals surface area contributed by atoms with Crippen LogP contribution < -0.4 is 5.32 Å². The molecule has 1 fully saturated rings. The zero-order chi connectivity index (χ0) is 13.1. The quantitative estimate of drug-likeness (QED) is 0.845. The number of carbonyl (C=O) groups is 2. The average molecular weight is 251 g/mol. The molecule has 0 bridgehead atoms. The van der Waals surface area contributed by atoms with Crippen molar-refractivity contribution in [1.29, 1.82) is 0 Å². The van der Waals surface area contributed by atoms with Crippen LogP contribution in [-0.2, 0) is 16.1 Å². The summed E-state index contributed by atoms with van der Waals surface area (Å²) in [4.78, 5) is 22.8. The molecule has 1 aromatic rings. The molecule has 18 heavy (non-hydrogen) atoms. The lowest BCUT2D eigenvalue weighted by atomic mass is 10.0. The monoisotopic (exact) mass is 251 g/mol. The molecule has 1 saturated carbocycles. The van der Waals surface area contributed by atoms with Crippen molar-refractivity contribution < 1.29 is 14.7 Å². The topological polar surface area (TPSA) is 84.2 Å². The van der Waals surface area contributed by atoms with Gasteiger partial charge in [0.2, 0.25) is 5.91 Å². The van der Waals surface area contributed by atoms with Crippen LogP contribution in [0.1, 0.15) is 26.2 Å². The van der Waals surface area contributed by atoms with Gasteiger partial charge in [-0.25, -0.2) is 0 Å². The number of carboxylic acids is 1. The molecule has 1 aliphatic rings. The number of aromatic nitrogens is 2. The molecule has 2 rings (SSSR count). The van der Waals surface area contributed by atoms with Gasteiger partial charge >= 0.3 is 5.97 Å². The van der Waals surface area contributed by atoms with E-state index in [1.165, 1.54) is 0 Å². The van der Waals surface area contributed by atoms with Crippen LogP contribution in [0.3, 0.4) is 0 Å². The Hall–Kier alpha value is -1.85.